The highest BCUT2D eigenvalue weighted by Gasteiger charge is 2.37. The molecular weight excluding hydrogens is 385 g/mol. The third-order valence-electron chi connectivity index (χ3n) is 5.20. The monoisotopic (exact) mass is 413 g/mol. The van der Waals surface area contributed by atoms with Crippen LogP contribution in [0, 0.1) is 5.82 Å². The molecule has 0 aliphatic carbocycles. The van der Waals surface area contributed by atoms with Gasteiger partial charge < -0.3 is 9.64 Å². The molecule has 28 heavy (non-hydrogen) atoms. The van der Waals surface area contributed by atoms with Crippen LogP contribution in [-0.4, -0.2) is 79.3 Å². The van der Waals surface area contributed by atoms with Crippen molar-refractivity contribution in [3.05, 3.63) is 35.6 Å². The van der Waals surface area contributed by atoms with Crippen LogP contribution < -0.4 is 0 Å². The molecule has 0 N–H and O–H groups in total. The number of hydrogen-bond acceptors (Lipinski definition) is 4. The van der Waals surface area contributed by atoms with E-state index in [4.69, 9.17) is 4.74 Å². The second-order valence-electron chi connectivity index (χ2n) is 7.45. The molecule has 2 atom stereocenters. The third kappa shape index (κ3) is 4.89. The van der Waals surface area contributed by atoms with Crippen molar-refractivity contribution < 1.29 is 22.3 Å². The number of ether oxygens (including phenoxy) is 1. The molecule has 156 valence electrons. The SMILES string of the molecule is CC1CN(S(=O)(=O)N2CCN(C(=O)CCc3ccccc3F)CC2)CC(C)O1. The number of carbonyl (C=O) groups is 1. The quantitative estimate of drug-likeness (QED) is 0.729. The summed E-state index contributed by atoms with van der Waals surface area (Å²) in [5.41, 5.74) is 0.521. The predicted octanol–water partition coefficient (Wildman–Crippen LogP) is 1.26. The summed E-state index contributed by atoms with van der Waals surface area (Å²) in [5.74, 6) is -0.380. The Hall–Kier alpha value is -1.55. The predicted molar refractivity (Wildman–Crippen MR) is 103 cm³/mol. The van der Waals surface area contributed by atoms with Gasteiger partial charge in [-0.2, -0.15) is 17.0 Å². The topological polar surface area (TPSA) is 70.2 Å². The lowest BCUT2D eigenvalue weighted by atomic mass is 10.1. The van der Waals surface area contributed by atoms with Gasteiger partial charge in [-0.3, -0.25) is 4.79 Å². The van der Waals surface area contributed by atoms with E-state index >= 15 is 0 Å². The minimum absolute atomic E-state index is 0.0751. The van der Waals surface area contributed by atoms with Gasteiger partial charge in [0.15, 0.2) is 0 Å². The number of piperazine rings is 1. The molecule has 2 fully saturated rings. The van der Waals surface area contributed by atoms with Gasteiger partial charge in [0.2, 0.25) is 5.91 Å². The summed E-state index contributed by atoms with van der Waals surface area (Å²) < 4.78 is 48.0. The molecule has 9 heteroatoms. The van der Waals surface area contributed by atoms with Crippen LogP contribution in [0.25, 0.3) is 0 Å². The fraction of sp³-hybridized carbons (Fsp3) is 0.632. The molecule has 1 aromatic rings. The number of halogens is 1. The largest absolute Gasteiger partial charge is 0.373 e. The standard InChI is InChI=1S/C19H28FN3O4S/c1-15-13-23(14-16(2)27-15)28(25,26)22-11-9-21(10-12-22)19(24)8-7-17-5-3-4-6-18(17)20/h3-6,15-16H,7-14H2,1-2H3. The van der Waals surface area contributed by atoms with Crippen molar-refractivity contribution in [1.29, 1.82) is 0 Å². The lowest BCUT2D eigenvalue weighted by molar-refractivity contribution is -0.132. The van der Waals surface area contributed by atoms with Crippen molar-refractivity contribution in [3.63, 3.8) is 0 Å². The van der Waals surface area contributed by atoms with Crippen LogP contribution in [0.4, 0.5) is 4.39 Å². The third-order valence-corrected chi connectivity index (χ3v) is 7.16. The number of morpholine rings is 1. The molecule has 2 aliphatic heterocycles. The summed E-state index contributed by atoms with van der Waals surface area (Å²) >= 11 is 0. The van der Waals surface area contributed by atoms with Crippen molar-refractivity contribution in [3.8, 4) is 0 Å². The zero-order valence-electron chi connectivity index (χ0n) is 16.4. The van der Waals surface area contributed by atoms with E-state index in [1.54, 1.807) is 23.1 Å². The van der Waals surface area contributed by atoms with Gasteiger partial charge in [-0.15, -0.1) is 0 Å². The van der Waals surface area contributed by atoms with Gasteiger partial charge in [-0.25, -0.2) is 4.39 Å². The van der Waals surface area contributed by atoms with Crippen LogP contribution in [0.1, 0.15) is 25.8 Å². The average Bonchev–Trinajstić information content (AvgIpc) is 2.66. The molecule has 2 aliphatic rings. The number of amides is 1. The average molecular weight is 414 g/mol. The Morgan fingerprint density at radius 3 is 2.29 bits per heavy atom. The smallest absolute Gasteiger partial charge is 0.282 e. The van der Waals surface area contributed by atoms with Crippen LogP contribution in [0.2, 0.25) is 0 Å². The lowest BCUT2D eigenvalue weighted by Gasteiger charge is -2.40. The van der Waals surface area contributed by atoms with Gasteiger partial charge in [0.25, 0.3) is 10.2 Å². The van der Waals surface area contributed by atoms with E-state index in [0.717, 1.165) is 0 Å². The zero-order chi connectivity index (χ0) is 20.3. The van der Waals surface area contributed by atoms with Gasteiger partial charge in [-0.1, -0.05) is 18.2 Å². The molecule has 2 unspecified atom stereocenters. The molecule has 1 aromatic carbocycles. The van der Waals surface area contributed by atoms with E-state index in [9.17, 15) is 17.6 Å². The number of nitrogens with zero attached hydrogens (tertiary/aromatic N) is 3. The Bertz CT molecular complexity index is 786. The Balaban J connectivity index is 1.52. The Morgan fingerprint density at radius 1 is 1.07 bits per heavy atom. The molecule has 7 nitrogen and oxygen atoms in total. The van der Waals surface area contributed by atoms with Crippen LogP contribution >= 0.6 is 0 Å². The maximum absolute atomic E-state index is 13.7. The number of hydrogen-bond donors (Lipinski definition) is 0. The molecule has 2 heterocycles. The second kappa shape index (κ2) is 8.86. The molecule has 0 spiro atoms. The molecule has 0 bridgehead atoms. The Labute approximate surface area is 166 Å². The lowest BCUT2D eigenvalue weighted by Crippen LogP contribution is -2.57. The summed E-state index contributed by atoms with van der Waals surface area (Å²) in [6.45, 7) is 5.66. The molecule has 1 amide bonds. The van der Waals surface area contributed by atoms with Crippen molar-refractivity contribution >= 4 is 16.1 Å². The van der Waals surface area contributed by atoms with Gasteiger partial charge in [0.1, 0.15) is 5.82 Å². The highest BCUT2D eigenvalue weighted by Crippen LogP contribution is 2.19. The zero-order valence-corrected chi connectivity index (χ0v) is 17.2. The first-order valence-electron chi connectivity index (χ1n) is 9.69. The Kier molecular flexibility index (Phi) is 6.69. The minimum Gasteiger partial charge on any atom is -0.373 e. The van der Waals surface area contributed by atoms with Gasteiger partial charge in [0, 0.05) is 45.7 Å². The van der Waals surface area contributed by atoms with E-state index in [1.165, 1.54) is 14.7 Å². The van der Waals surface area contributed by atoms with E-state index in [1.807, 2.05) is 13.8 Å². The number of aryl methyl sites for hydroxylation is 1. The summed E-state index contributed by atoms with van der Waals surface area (Å²) in [4.78, 5) is 14.1. The van der Waals surface area contributed by atoms with E-state index in [2.05, 4.69) is 0 Å². The van der Waals surface area contributed by atoms with Crippen molar-refractivity contribution in [2.45, 2.75) is 38.9 Å². The van der Waals surface area contributed by atoms with Crippen LogP contribution in [0.5, 0.6) is 0 Å². The summed E-state index contributed by atoms with van der Waals surface area (Å²) in [6, 6.07) is 6.43. The van der Waals surface area contributed by atoms with E-state index in [0.29, 0.717) is 38.2 Å². The van der Waals surface area contributed by atoms with Gasteiger partial charge >= 0.3 is 0 Å². The first-order valence-corrected chi connectivity index (χ1v) is 11.1. The molecule has 3 rings (SSSR count). The first kappa shape index (κ1) is 21.2. The summed E-state index contributed by atoms with van der Waals surface area (Å²) in [7, 11) is -3.56. The highest BCUT2D eigenvalue weighted by atomic mass is 32.2. The summed E-state index contributed by atoms with van der Waals surface area (Å²) in [5, 5.41) is 0. The highest BCUT2D eigenvalue weighted by molar-refractivity contribution is 7.86. The minimum atomic E-state index is -3.56. The molecule has 0 saturated carbocycles. The first-order chi connectivity index (χ1) is 13.3. The van der Waals surface area contributed by atoms with Crippen LogP contribution in [0.3, 0.4) is 0 Å². The molecular formula is C19H28FN3O4S. The molecule has 0 radical (unpaired) electrons. The normalized spacial score (nSPS) is 25.0. The van der Waals surface area contributed by atoms with Crippen LogP contribution in [0.15, 0.2) is 24.3 Å². The Morgan fingerprint density at radius 2 is 1.68 bits per heavy atom. The van der Waals surface area contributed by atoms with E-state index in [-0.39, 0.29) is 43.4 Å². The van der Waals surface area contributed by atoms with Gasteiger partial charge in [-0.05, 0) is 31.9 Å². The fourth-order valence-corrected chi connectivity index (χ4v) is 5.50. The summed E-state index contributed by atoms with van der Waals surface area (Å²) in [6.07, 6.45) is 0.277. The number of carbonyl (C=O) groups excluding carboxylic acids is 1. The fourth-order valence-electron chi connectivity index (χ4n) is 3.75. The molecule has 2 saturated heterocycles. The van der Waals surface area contributed by atoms with Gasteiger partial charge in [0.05, 0.1) is 12.2 Å². The van der Waals surface area contributed by atoms with E-state index < -0.39 is 10.2 Å². The number of rotatable bonds is 5. The van der Waals surface area contributed by atoms with Crippen molar-refractivity contribution in [1.82, 2.24) is 13.5 Å². The van der Waals surface area contributed by atoms with Crippen molar-refractivity contribution in [2.75, 3.05) is 39.3 Å². The maximum atomic E-state index is 13.7. The van der Waals surface area contributed by atoms with Crippen molar-refractivity contribution in [2.24, 2.45) is 0 Å². The van der Waals surface area contributed by atoms with Crippen LogP contribution in [-0.2, 0) is 26.2 Å². The molecule has 0 aromatic heterocycles. The maximum Gasteiger partial charge on any atom is 0.282 e. The second-order valence-corrected chi connectivity index (χ2v) is 9.38. The number of benzene rings is 1.